The monoisotopic (exact) mass is 343 g/mol. The van der Waals surface area contributed by atoms with Gasteiger partial charge in [-0.2, -0.15) is 22.2 Å². The van der Waals surface area contributed by atoms with Gasteiger partial charge in [0.2, 0.25) is 0 Å². The van der Waals surface area contributed by atoms with Gasteiger partial charge in [-0.3, -0.25) is 8.19 Å². The predicted octanol–water partition coefficient (Wildman–Crippen LogP) is -1.70. The first-order valence-electron chi connectivity index (χ1n) is 5.61. The minimum Gasteiger partial charge on any atom is -1.00 e. The van der Waals surface area contributed by atoms with Crippen LogP contribution in [0.5, 0.6) is 0 Å². The molecule has 1 radical (unpaired) electrons. The summed E-state index contributed by atoms with van der Waals surface area (Å²) in [4.78, 5) is 0. The van der Waals surface area contributed by atoms with E-state index in [9.17, 15) is 0 Å². The van der Waals surface area contributed by atoms with Gasteiger partial charge >= 0.3 is 21.7 Å². The Hall–Kier alpha value is 0.0343. The van der Waals surface area contributed by atoms with E-state index in [0.717, 1.165) is 8.19 Å². The molecule has 1 aromatic carbocycles. The summed E-state index contributed by atoms with van der Waals surface area (Å²) < 4.78 is 0. The zero-order valence-electron chi connectivity index (χ0n) is 10.8. The molecule has 1 aliphatic rings. The third kappa shape index (κ3) is 3.38. The van der Waals surface area contributed by atoms with Gasteiger partial charge in [-0.15, -0.1) is 0 Å². The van der Waals surface area contributed by atoms with Crippen molar-refractivity contribution in [2.45, 2.75) is 19.8 Å². The summed E-state index contributed by atoms with van der Waals surface area (Å²) in [6.45, 7) is 4.40. The molecule has 97 valence electrons. The van der Waals surface area contributed by atoms with Crippen LogP contribution in [0, 0.1) is 19.6 Å². The fourth-order valence-corrected chi connectivity index (χ4v) is 3.65. The summed E-state index contributed by atoms with van der Waals surface area (Å²) in [5.74, 6) is 3.96. The van der Waals surface area contributed by atoms with Crippen molar-refractivity contribution in [2.75, 3.05) is 0 Å². The van der Waals surface area contributed by atoms with E-state index in [-0.39, 0.29) is 46.5 Å². The Balaban J connectivity index is 0.00000108. The maximum absolute atomic E-state index is 3.46. The van der Waals surface area contributed by atoms with Gasteiger partial charge in [-0.25, -0.2) is 0 Å². The first kappa shape index (κ1) is 19.0. The molecule has 0 amide bonds. The van der Waals surface area contributed by atoms with Gasteiger partial charge in [0.15, 0.2) is 0 Å². The third-order valence-corrected chi connectivity index (χ3v) is 4.92. The van der Waals surface area contributed by atoms with E-state index in [0.29, 0.717) is 5.92 Å². The van der Waals surface area contributed by atoms with Crippen molar-refractivity contribution >= 4 is 14.3 Å². The predicted molar refractivity (Wildman–Crippen MR) is 71.6 cm³/mol. The molecule has 0 bridgehead atoms. The van der Waals surface area contributed by atoms with Crippen molar-refractivity contribution in [2.24, 2.45) is 0 Å². The van der Waals surface area contributed by atoms with E-state index in [1.54, 1.807) is 5.30 Å². The number of fused-ring (bicyclic) bond motifs is 1. The summed E-state index contributed by atoms with van der Waals surface area (Å²) in [6, 6.07) is 8.69. The second kappa shape index (κ2) is 7.72. The van der Waals surface area contributed by atoms with Crippen LogP contribution in [0.3, 0.4) is 0 Å². The zero-order valence-corrected chi connectivity index (χ0v) is 14.9. The topological polar surface area (TPSA) is 0 Å². The van der Waals surface area contributed by atoms with Crippen LogP contribution >= 0.6 is 8.19 Å². The molecule has 1 heterocycles. The number of rotatable bonds is 1. The Morgan fingerprint density at radius 3 is 2.42 bits per heavy atom. The zero-order chi connectivity index (χ0) is 11.1. The molecule has 19 heavy (non-hydrogen) atoms. The summed E-state index contributed by atoms with van der Waals surface area (Å²) >= 11 is 0. The minimum atomic E-state index is 0. The van der Waals surface area contributed by atoms with Gasteiger partial charge in [0.1, 0.15) is 0 Å². The van der Waals surface area contributed by atoms with E-state index < -0.39 is 0 Å². The molecular weight excluding hydrogens is 330 g/mol. The molecule has 4 heteroatoms. The molecule has 3 rings (SSSR count). The van der Waals surface area contributed by atoms with Crippen molar-refractivity contribution in [3.05, 3.63) is 63.7 Å². The second-order valence-corrected chi connectivity index (χ2v) is 5.42. The van der Waals surface area contributed by atoms with Gasteiger partial charge in [0.05, 0.1) is 0 Å². The number of hydrogen-bond donors (Lipinski definition) is 0. The van der Waals surface area contributed by atoms with Crippen molar-refractivity contribution in [3.8, 4) is 0 Å². The summed E-state index contributed by atoms with van der Waals surface area (Å²) in [5.41, 5.74) is 5.62. The molecule has 1 aromatic heterocycles. The van der Waals surface area contributed by atoms with E-state index in [1.165, 1.54) is 22.3 Å². The number of aryl methyl sites for hydroxylation is 1. The fraction of sp³-hybridized carbons (Fsp3) is 0.200. The minimum absolute atomic E-state index is 0. The molecule has 0 N–H and O–H groups in total. The van der Waals surface area contributed by atoms with E-state index in [1.807, 2.05) is 0 Å². The average Bonchev–Trinajstić information content (AvgIpc) is 2.85. The maximum atomic E-state index is 3.46. The molecular formula is C15H14Cl2PTi. The Bertz CT molecular complexity index is 575. The van der Waals surface area contributed by atoms with Crippen molar-refractivity contribution < 1.29 is 46.5 Å². The quantitative estimate of drug-likeness (QED) is 0.428. The van der Waals surface area contributed by atoms with Crippen molar-refractivity contribution in [1.82, 2.24) is 0 Å². The Morgan fingerprint density at radius 2 is 1.79 bits per heavy atom. The normalized spacial score (nSPS) is 15.4. The second-order valence-electron chi connectivity index (χ2n) is 4.38. The summed E-state index contributed by atoms with van der Waals surface area (Å²) in [5, 5.41) is 1.55. The molecule has 1 aliphatic carbocycles. The molecule has 0 saturated carbocycles. The van der Waals surface area contributed by atoms with Crippen LogP contribution in [-0.4, -0.2) is 0 Å². The molecule has 0 spiro atoms. The number of hydrogen-bond acceptors (Lipinski definition) is 0. The molecule has 2 atom stereocenters. The van der Waals surface area contributed by atoms with Crippen molar-refractivity contribution in [1.29, 1.82) is 0 Å². The van der Waals surface area contributed by atoms with Gasteiger partial charge < -0.3 is 24.8 Å². The Kier molecular flexibility index (Phi) is 7.73. The summed E-state index contributed by atoms with van der Waals surface area (Å²) in [7, 11) is 0.748. The van der Waals surface area contributed by atoms with E-state index in [4.69, 9.17) is 0 Å². The van der Waals surface area contributed by atoms with Crippen LogP contribution in [0.2, 0.25) is 0 Å². The molecule has 0 nitrogen and oxygen atoms in total. The first-order chi connectivity index (χ1) is 7.77. The van der Waals surface area contributed by atoms with E-state index >= 15 is 0 Å². The molecule has 0 fully saturated rings. The van der Waals surface area contributed by atoms with Crippen LogP contribution < -0.4 is 24.8 Å². The molecule has 2 aromatic rings. The van der Waals surface area contributed by atoms with Crippen LogP contribution in [0.15, 0.2) is 30.3 Å². The van der Waals surface area contributed by atoms with Gasteiger partial charge in [-0.1, -0.05) is 50.3 Å². The van der Waals surface area contributed by atoms with Gasteiger partial charge in [-0.05, 0) is 17.0 Å². The average molecular weight is 344 g/mol. The maximum Gasteiger partial charge on any atom is 3.00 e. The Labute approximate surface area is 143 Å². The number of benzene rings is 1. The first-order valence-corrected chi connectivity index (χ1v) is 6.61. The fourth-order valence-electron chi connectivity index (χ4n) is 2.36. The third-order valence-electron chi connectivity index (χ3n) is 3.46. The van der Waals surface area contributed by atoms with Crippen LogP contribution in [0.1, 0.15) is 33.5 Å². The SMILES string of the molecule is Cc1[c-][pH]c(C2C=Cc3ccccc32)c1C.[Cl-].[Cl-].[Ti+3]. The number of allylic oxidation sites excluding steroid dienone is 1. The molecule has 2 unspecified atom stereocenters. The smallest absolute Gasteiger partial charge is 1.00 e. The van der Waals surface area contributed by atoms with Gasteiger partial charge in [0, 0.05) is 0 Å². The number of halogens is 2. The van der Waals surface area contributed by atoms with Crippen LogP contribution in [-0.2, 0) is 21.7 Å². The van der Waals surface area contributed by atoms with E-state index in [2.05, 4.69) is 56.1 Å². The summed E-state index contributed by atoms with van der Waals surface area (Å²) in [6.07, 6.45) is 4.58. The van der Waals surface area contributed by atoms with Crippen molar-refractivity contribution in [3.63, 3.8) is 0 Å². The molecule has 0 aliphatic heterocycles. The molecule has 0 saturated heterocycles. The standard InChI is InChI=1S/C15H14P.2ClH.Ti/c1-10-9-16-15(11(10)2)14-8-7-12-5-3-4-6-13(12)14;;;/h3-8,14,16H,1-2H3;2*1H;/q-1;;;+3/p-2. The van der Waals surface area contributed by atoms with Crippen LogP contribution in [0.25, 0.3) is 6.08 Å². The Morgan fingerprint density at radius 1 is 1.11 bits per heavy atom. The largest absolute Gasteiger partial charge is 3.00 e. The van der Waals surface area contributed by atoms with Gasteiger partial charge in [0.25, 0.3) is 0 Å². The van der Waals surface area contributed by atoms with Crippen LogP contribution in [0.4, 0.5) is 0 Å².